The van der Waals surface area contributed by atoms with E-state index in [1.807, 2.05) is 57.2 Å². The maximum atomic E-state index is 14.2. The molecule has 7 rings (SSSR count). The van der Waals surface area contributed by atoms with Crippen molar-refractivity contribution in [1.29, 1.82) is 0 Å². The second kappa shape index (κ2) is 14.2. The molecular formula is C39H44ClN7O5. The van der Waals surface area contributed by atoms with E-state index in [9.17, 15) is 19.2 Å². The molecule has 3 aromatic carbocycles. The van der Waals surface area contributed by atoms with Gasteiger partial charge < -0.3 is 30.7 Å². The number of benzene rings is 3. The van der Waals surface area contributed by atoms with E-state index in [4.69, 9.17) is 27.1 Å². The Labute approximate surface area is 305 Å². The van der Waals surface area contributed by atoms with Crippen LogP contribution in [0.5, 0.6) is 0 Å². The molecule has 2 heterocycles. The number of H-pyrrole nitrogens is 3. The number of anilines is 1. The highest BCUT2D eigenvalue weighted by Gasteiger charge is 2.36. The van der Waals surface area contributed by atoms with Crippen molar-refractivity contribution in [1.82, 2.24) is 25.3 Å². The fourth-order valence-corrected chi connectivity index (χ4v) is 7.28. The molecule has 0 bridgehead atoms. The number of rotatable bonds is 9. The van der Waals surface area contributed by atoms with Crippen LogP contribution in [0.2, 0.25) is 5.02 Å². The van der Waals surface area contributed by atoms with E-state index in [-0.39, 0.29) is 23.9 Å². The summed E-state index contributed by atoms with van der Waals surface area (Å²) in [5.74, 6) is 0.418. The topological polar surface area (TPSA) is 179 Å². The normalized spacial score (nSPS) is 18.3. The number of aromatic nitrogens is 4. The first kappa shape index (κ1) is 35.5. The zero-order valence-electron chi connectivity index (χ0n) is 29.6. The van der Waals surface area contributed by atoms with Gasteiger partial charge in [0, 0.05) is 23.9 Å². The molecule has 0 unspecified atom stereocenters. The van der Waals surface area contributed by atoms with Crippen molar-refractivity contribution < 1.29 is 19.1 Å². The molecule has 2 fully saturated rings. The second-order valence-corrected chi connectivity index (χ2v) is 15.6. The number of nitrogens with one attached hydrogen (secondary N) is 4. The Kier molecular flexibility index (Phi) is 9.71. The Morgan fingerprint density at radius 2 is 1.65 bits per heavy atom. The minimum Gasteiger partial charge on any atom is -0.444 e. The summed E-state index contributed by atoms with van der Waals surface area (Å²) in [6, 6.07) is 15.5. The molecular weight excluding hydrogens is 682 g/mol. The summed E-state index contributed by atoms with van der Waals surface area (Å²) in [6.07, 6.45) is 4.55. The van der Waals surface area contributed by atoms with Gasteiger partial charge >= 0.3 is 11.8 Å². The minimum atomic E-state index is -1.02. The smallest absolute Gasteiger partial charge is 0.407 e. The lowest BCUT2D eigenvalue weighted by Gasteiger charge is -2.32. The fourth-order valence-electron chi connectivity index (χ4n) is 7.01. The van der Waals surface area contributed by atoms with Crippen LogP contribution in [0.1, 0.15) is 76.6 Å². The maximum Gasteiger partial charge on any atom is 0.407 e. The average molecular weight is 726 g/mol. The molecule has 272 valence electrons. The Bertz CT molecular complexity index is 2190. The van der Waals surface area contributed by atoms with Gasteiger partial charge in [-0.05, 0) is 113 Å². The number of nitrogens with two attached hydrogens (primary N) is 1. The largest absolute Gasteiger partial charge is 0.444 e. The number of halogens is 1. The number of ether oxygens (including phenoxy) is 1. The molecule has 0 radical (unpaired) electrons. The van der Waals surface area contributed by atoms with Crippen molar-refractivity contribution in [2.75, 3.05) is 11.4 Å². The minimum absolute atomic E-state index is 0.184. The number of nitrogens with zero attached hydrogens (tertiary/aromatic N) is 2. The number of aromatic amines is 3. The van der Waals surface area contributed by atoms with Crippen LogP contribution in [0.4, 0.5) is 10.5 Å². The first-order valence-electron chi connectivity index (χ1n) is 17.9. The molecule has 13 heteroatoms. The van der Waals surface area contributed by atoms with Crippen LogP contribution >= 0.6 is 11.6 Å². The zero-order chi connectivity index (χ0) is 36.7. The van der Waals surface area contributed by atoms with Gasteiger partial charge in [0.2, 0.25) is 5.91 Å². The summed E-state index contributed by atoms with van der Waals surface area (Å²) in [5.41, 5.74) is 11.4. The number of hydrogen-bond acceptors (Lipinski definition) is 7. The monoisotopic (exact) mass is 725 g/mol. The molecule has 1 atom stereocenters. The molecule has 2 aliphatic carbocycles. The molecule has 0 saturated heterocycles. The van der Waals surface area contributed by atoms with Crippen LogP contribution in [-0.2, 0) is 20.7 Å². The molecule has 12 nitrogen and oxygen atoms in total. The molecule has 0 aliphatic heterocycles. The summed E-state index contributed by atoms with van der Waals surface area (Å²) < 4.78 is 5.35. The van der Waals surface area contributed by atoms with Crippen LogP contribution < -0.4 is 21.6 Å². The lowest BCUT2D eigenvalue weighted by atomic mass is 9.81. The van der Waals surface area contributed by atoms with Crippen LogP contribution in [0.15, 0.2) is 59.4 Å². The second-order valence-electron chi connectivity index (χ2n) is 15.2. The first-order chi connectivity index (χ1) is 24.8. The molecule has 5 aromatic rings. The van der Waals surface area contributed by atoms with Crippen molar-refractivity contribution in [2.24, 2.45) is 17.6 Å². The van der Waals surface area contributed by atoms with E-state index in [2.05, 4.69) is 20.3 Å². The number of alkyl carbamates (subject to hydrolysis) is 1. The fraction of sp³-hybridized carbons (Fsp3) is 0.410. The predicted octanol–water partition coefficient (Wildman–Crippen LogP) is 6.69. The van der Waals surface area contributed by atoms with Crippen molar-refractivity contribution in [3.05, 3.63) is 81.5 Å². The van der Waals surface area contributed by atoms with Crippen LogP contribution in [0.25, 0.3) is 33.2 Å². The van der Waals surface area contributed by atoms with Gasteiger partial charge in [-0.2, -0.15) is 0 Å². The van der Waals surface area contributed by atoms with Crippen LogP contribution in [0.3, 0.4) is 0 Å². The molecule has 0 spiro atoms. The van der Waals surface area contributed by atoms with Crippen molar-refractivity contribution in [2.45, 2.75) is 83.3 Å². The van der Waals surface area contributed by atoms with Crippen molar-refractivity contribution in [3.63, 3.8) is 0 Å². The summed E-state index contributed by atoms with van der Waals surface area (Å²) >= 11 is 6.70. The van der Waals surface area contributed by atoms with E-state index in [1.54, 1.807) is 18.2 Å². The number of carbonyl (C=O) groups is 3. The molecule has 2 saturated carbocycles. The third-order valence-electron chi connectivity index (χ3n) is 9.92. The number of fused-ring (bicyclic) bond motifs is 2. The Morgan fingerprint density at radius 3 is 2.35 bits per heavy atom. The van der Waals surface area contributed by atoms with Gasteiger partial charge in [-0.3, -0.25) is 9.59 Å². The summed E-state index contributed by atoms with van der Waals surface area (Å²) in [5, 5.41) is 3.45. The van der Waals surface area contributed by atoms with E-state index in [0.717, 1.165) is 46.4 Å². The van der Waals surface area contributed by atoms with Crippen molar-refractivity contribution >= 4 is 57.3 Å². The predicted molar refractivity (Wildman–Crippen MR) is 201 cm³/mol. The lowest BCUT2D eigenvalue weighted by Crippen LogP contribution is -2.50. The quantitative estimate of drug-likeness (QED) is 0.112. The third-order valence-corrected chi connectivity index (χ3v) is 10.2. The SMILES string of the molecule is CC(C)(C)OC(=O)NC[C@H]1CC[C@H](C(=O)N(C(=O)[C@@H](N)Cc2ccc(-c3cc4nc(C5CC5)[nH]c4cc3Cl)cc2)c2ccc3[nH]c(=O)[nH]c3c2)CC1. The Hall–Kier alpha value is -4.94. The van der Waals surface area contributed by atoms with E-state index >= 15 is 0 Å². The van der Waals surface area contributed by atoms with Gasteiger partial charge in [-0.1, -0.05) is 35.9 Å². The maximum absolute atomic E-state index is 14.2. The number of amides is 3. The number of hydrogen-bond donors (Lipinski definition) is 5. The standard InChI is InChI=1S/C39H44ClN7O5/c1-39(2,3)52-38(51)42-20-22-6-10-25(11-7-22)35(48)47(26-14-15-30-31(17-26)46-37(50)45-30)36(49)29(41)16-21-4-8-23(9-5-21)27-18-32-33(19-28(27)40)44-34(43-32)24-12-13-24/h4-5,8-9,14-15,17-19,22,24-25,29H,6-7,10-13,16,20,41H2,1-3H3,(H,42,51)(H,43,44)(H2,45,46,50)/t22-,25-,29-/m0/s1. The number of imide groups is 1. The number of carbonyl (C=O) groups excluding carboxylic acids is 3. The third kappa shape index (κ3) is 7.93. The summed E-state index contributed by atoms with van der Waals surface area (Å²) in [7, 11) is 0. The molecule has 2 aliphatic rings. The molecule has 2 aromatic heterocycles. The van der Waals surface area contributed by atoms with E-state index in [0.29, 0.717) is 59.9 Å². The lowest BCUT2D eigenvalue weighted by molar-refractivity contribution is -0.130. The van der Waals surface area contributed by atoms with Gasteiger partial charge in [0.05, 0.1) is 38.8 Å². The van der Waals surface area contributed by atoms with E-state index in [1.165, 1.54) is 4.90 Å². The van der Waals surface area contributed by atoms with Crippen molar-refractivity contribution in [3.8, 4) is 11.1 Å². The van der Waals surface area contributed by atoms with Gasteiger partial charge in [0.15, 0.2) is 0 Å². The zero-order valence-corrected chi connectivity index (χ0v) is 30.3. The molecule has 6 N–H and O–H groups in total. The van der Waals surface area contributed by atoms with Crippen LogP contribution in [0, 0.1) is 11.8 Å². The van der Waals surface area contributed by atoms with Gasteiger partial charge in [-0.15, -0.1) is 0 Å². The average Bonchev–Trinajstić information content (AvgIpc) is 3.77. The molecule has 3 amide bonds. The Balaban J connectivity index is 1.05. The summed E-state index contributed by atoms with van der Waals surface area (Å²) in [6.45, 7) is 5.89. The number of imidazole rings is 2. The van der Waals surface area contributed by atoms with Gasteiger partial charge in [0.25, 0.3) is 5.91 Å². The molecule has 52 heavy (non-hydrogen) atoms. The highest BCUT2D eigenvalue weighted by molar-refractivity contribution is 6.34. The highest BCUT2D eigenvalue weighted by Crippen LogP contribution is 2.40. The van der Waals surface area contributed by atoms with Gasteiger partial charge in [0.1, 0.15) is 11.4 Å². The van der Waals surface area contributed by atoms with Crippen LogP contribution in [-0.4, -0.2) is 56.0 Å². The van der Waals surface area contributed by atoms with E-state index < -0.39 is 29.6 Å². The Morgan fingerprint density at radius 1 is 0.942 bits per heavy atom. The first-order valence-corrected chi connectivity index (χ1v) is 18.3. The highest BCUT2D eigenvalue weighted by atomic mass is 35.5. The summed E-state index contributed by atoms with van der Waals surface area (Å²) in [4.78, 5) is 67.3. The van der Waals surface area contributed by atoms with Gasteiger partial charge in [-0.25, -0.2) is 19.5 Å².